The molecular formula is C12H16F2N2. The fourth-order valence-electron chi connectivity index (χ4n) is 1.96. The molecule has 16 heavy (non-hydrogen) atoms. The zero-order chi connectivity index (χ0) is 11.4. The number of benzene rings is 1. The normalized spacial score (nSPS) is 20.2. The number of hydrogen-bond acceptors (Lipinski definition) is 2. The molecule has 1 saturated heterocycles. The third-order valence-corrected chi connectivity index (χ3v) is 2.91. The number of hydrogen-bond donors (Lipinski definition) is 2. The van der Waals surface area contributed by atoms with E-state index in [1.54, 1.807) is 6.07 Å². The van der Waals surface area contributed by atoms with Gasteiger partial charge in [0.2, 0.25) is 0 Å². The van der Waals surface area contributed by atoms with Gasteiger partial charge in [-0.2, -0.15) is 0 Å². The second kappa shape index (κ2) is 5.37. The van der Waals surface area contributed by atoms with Crippen LogP contribution in [-0.4, -0.2) is 19.6 Å². The lowest BCUT2D eigenvalue weighted by molar-refractivity contribution is 0.498. The first-order valence-corrected chi connectivity index (χ1v) is 5.61. The van der Waals surface area contributed by atoms with Crippen LogP contribution in [-0.2, 0) is 6.54 Å². The van der Waals surface area contributed by atoms with Gasteiger partial charge >= 0.3 is 0 Å². The second-order valence-electron chi connectivity index (χ2n) is 4.24. The number of halogens is 2. The van der Waals surface area contributed by atoms with Gasteiger partial charge in [-0.05, 0) is 49.7 Å². The van der Waals surface area contributed by atoms with E-state index in [4.69, 9.17) is 0 Å². The Morgan fingerprint density at radius 3 is 2.88 bits per heavy atom. The van der Waals surface area contributed by atoms with Gasteiger partial charge in [-0.1, -0.05) is 6.07 Å². The smallest absolute Gasteiger partial charge is 0.159 e. The Balaban J connectivity index is 1.78. The maximum absolute atomic E-state index is 12.9. The molecule has 0 aliphatic carbocycles. The maximum Gasteiger partial charge on any atom is 0.159 e. The van der Waals surface area contributed by atoms with Crippen molar-refractivity contribution >= 4 is 0 Å². The molecule has 1 atom stereocenters. The van der Waals surface area contributed by atoms with Gasteiger partial charge in [0.15, 0.2) is 11.6 Å². The molecule has 88 valence electrons. The van der Waals surface area contributed by atoms with Crippen molar-refractivity contribution in [2.75, 3.05) is 19.6 Å². The molecule has 2 rings (SSSR count). The Morgan fingerprint density at radius 2 is 2.19 bits per heavy atom. The summed E-state index contributed by atoms with van der Waals surface area (Å²) in [5.74, 6) is -0.907. The van der Waals surface area contributed by atoms with Gasteiger partial charge in [0, 0.05) is 6.54 Å². The lowest BCUT2D eigenvalue weighted by Crippen LogP contribution is -2.24. The summed E-state index contributed by atoms with van der Waals surface area (Å²) in [5, 5.41) is 6.55. The molecule has 0 spiro atoms. The van der Waals surface area contributed by atoms with Crippen molar-refractivity contribution in [2.24, 2.45) is 5.92 Å². The van der Waals surface area contributed by atoms with E-state index in [1.807, 2.05) is 0 Å². The second-order valence-corrected chi connectivity index (χ2v) is 4.24. The average molecular weight is 226 g/mol. The SMILES string of the molecule is Fc1ccc(CNCC2CCNC2)cc1F. The van der Waals surface area contributed by atoms with Crippen LogP contribution in [0.4, 0.5) is 8.78 Å². The molecule has 1 unspecified atom stereocenters. The van der Waals surface area contributed by atoms with E-state index in [2.05, 4.69) is 10.6 Å². The molecule has 0 radical (unpaired) electrons. The standard InChI is InChI=1S/C12H16F2N2/c13-11-2-1-9(5-12(11)14)6-16-8-10-3-4-15-7-10/h1-2,5,10,15-16H,3-4,6-8H2. The quantitative estimate of drug-likeness (QED) is 0.816. The molecule has 0 saturated carbocycles. The van der Waals surface area contributed by atoms with Gasteiger partial charge in [-0.15, -0.1) is 0 Å². The summed E-state index contributed by atoms with van der Waals surface area (Å²) in [6.07, 6.45) is 1.19. The molecule has 1 fully saturated rings. The minimum atomic E-state index is -0.788. The van der Waals surface area contributed by atoms with Crippen LogP contribution in [0.1, 0.15) is 12.0 Å². The fraction of sp³-hybridized carbons (Fsp3) is 0.500. The summed E-state index contributed by atoms with van der Waals surface area (Å²) in [4.78, 5) is 0. The van der Waals surface area contributed by atoms with Gasteiger partial charge in [0.05, 0.1) is 0 Å². The topological polar surface area (TPSA) is 24.1 Å². The van der Waals surface area contributed by atoms with E-state index >= 15 is 0 Å². The van der Waals surface area contributed by atoms with E-state index < -0.39 is 11.6 Å². The lowest BCUT2D eigenvalue weighted by Gasteiger charge is -2.10. The third kappa shape index (κ3) is 3.00. The molecule has 1 aromatic carbocycles. The Morgan fingerprint density at radius 1 is 1.31 bits per heavy atom. The highest BCUT2D eigenvalue weighted by Crippen LogP contribution is 2.09. The van der Waals surface area contributed by atoms with E-state index in [-0.39, 0.29) is 0 Å². The summed E-state index contributed by atoms with van der Waals surface area (Å²) in [5.41, 5.74) is 0.782. The molecule has 0 amide bonds. The van der Waals surface area contributed by atoms with Crippen LogP contribution >= 0.6 is 0 Å². The molecular weight excluding hydrogens is 210 g/mol. The summed E-state index contributed by atoms with van der Waals surface area (Å²) < 4.78 is 25.6. The average Bonchev–Trinajstić information content (AvgIpc) is 2.76. The molecule has 0 bridgehead atoms. The van der Waals surface area contributed by atoms with Crippen molar-refractivity contribution in [1.29, 1.82) is 0 Å². The first kappa shape index (κ1) is 11.5. The van der Waals surface area contributed by atoms with Crippen LogP contribution in [0.15, 0.2) is 18.2 Å². The van der Waals surface area contributed by atoms with Gasteiger partial charge in [0.1, 0.15) is 0 Å². The van der Waals surface area contributed by atoms with E-state index in [0.717, 1.165) is 25.2 Å². The summed E-state index contributed by atoms with van der Waals surface area (Å²) in [7, 11) is 0. The predicted molar refractivity (Wildman–Crippen MR) is 59.0 cm³/mol. The Kier molecular flexibility index (Phi) is 3.85. The minimum Gasteiger partial charge on any atom is -0.316 e. The lowest BCUT2D eigenvalue weighted by atomic mass is 10.1. The fourth-order valence-corrected chi connectivity index (χ4v) is 1.96. The van der Waals surface area contributed by atoms with Crippen LogP contribution in [0.25, 0.3) is 0 Å². The van der Waals surface area contributed by atoms with E-state index in [1.165, 1.54) is 18.6 Å². The van der Waals surface area contributed by atoms with Crippen molar-refractivity contribution in [1.82, 2.24) is 10.6 Å². The van der Waals surface area contributed by atoms with Gasteiger partial charge in [0.25, 0.3) is 0 Å². The van der Waals surface area contributed by atoms with Crippen molar-refractivity contribution in [3.63, 3.8) is 0 Å². The highest BCUT2D eigenvalue weighted by molar-refractivity contribution is 5.17. The van der Waals surface area contributed by atoms with Crippen LogP contribution < -0.4 is 10.6 Å². The molecule has 0 aromatic heterocycles. The predicted octanol–water partition coefficient (Wildman–Crippen LogP) is 1.66. The molecule has 1 heterocycles. The molecule has 2 nitrogen and oxygen atoms in total. The Labute approximate surface area is 94.0 Å². The van der Waals surface area contributed by atoms with E-state index in [0.29, 0.717) is 12.5 Å². The first-order chi connectivity index (χ1) is 7.75. The molecule has 2 N–H and O–H groups in total. The Bertz CT molecular complexity index is 349. The van der Waals surface area contributed by atoms with Crippen LogP contribution in [0.3, 0.4) is 0 Å². The van der Waals surface area contributed by atoms with Crippen LogP contribution in [0.2, 0.25) is 0 Å². The van der Waals surface area contributed by atoms with Gasteiger partial charge in [-0.3, -0.25) is 0 Å². The summed E-state index contributed by atoms with van der Waals surface area (Å²) >= 11 is 0. The monoisotopic (exact) mass is 226 g/mol. The zero-order valence-electron chi connectivity index (χ0n) is 9.10. The highest BCUT2D eigenvalue weighted by atomic mass is 19.2. The third-order valence-electron chi connectivity index (χ3n) is 2.91. The first-order valence-electron chi connectivity index (χ1n) is 5.61. The molecule has 1 aliphatic rings. The summed E-state index contributed by atoms with van der Waals surface area (Å²) in [6.45, 7) is 3.64. The van der Waals surface area contributed by atoms with Gasteiger partial charge < -0.3 is 10.6 Å². The summed E-state index contributed by atoms with van der Waals surface area (Å²) in [6, 6.07) is 4.02. The van der Waals surface area contributed by atoms with Crippen LogP contribution in [0, 0.1) is 17.6 Å². The van der Waals surface area contributed by atoms with E-state index in [9.17, 15) is 8.78 Å². The molecule has 4 heteroatoms. The maximum atomic E-state index is 12.9. The highest BCUT2D eigenvalue weighted by Gasteiger charge is 2.13. The van der Waals surface area contributed by atoms with Crippen molar-refractivity contribution < 1.29 is 8.78 Å². The molecule has 1 aromatic rings. The zero-order valence-corrected chi connectivity index (χ0v) is 9.10. The largest absolute Gasteiger partial charge is 0.316 e. The number of nitrogens with one attached hydrogen (secondary N) is 2. The van der Waals surface area contributed by atoms with Gasteiger partial charge in [-0.25, -0.2) is 8.78 Å². The van der Waals surface area contributed by atoms with Crippen LogP contribution in [0.5, 0.6) is 0 Å². The van der Waals surface area contributed by atoms with Crippen molar-refractivity contribution in [3.05, 3.63) is 35.4 Å². The van der Waals surface area contributed by atoms with Crippen molar-refractivity contribution in [2.45, 2.75) is 13.0 Å². The minimum absolute atomic E-state index is 0.591. The molecule has 1 aliphatic heterocycles. The number of rotatable bonds is 4. The van der Waals surface area contributed by atoms with Crippen molar-refractivity contribution in [3.8, 4) is 0 Å². The Hall–Kier alpha value is -1.00.